The van der Waals surface area contributed by atoms with Crippen molar-refractivity contribution in [3.05, 3.63) is 59.7 Å². The summed E-state index contributed by atoms with van der Waals surface area (Å²) in [7, 11) is -3.60. The SMILES string of the molecule is CCNS(=O)(=O)c1cccc(C(=O)N2CCCC2c2ccc(OCC)cc2)c1. The second-order valence-electron chi connectivity index (χ2n) is 6.69. The average Bonchev–Trinajstić information content (AvgIpc) is 3.18. The number of sulfonamides is 1. The molecule has 1 heterocycles. The van der Waals surface area contributed by atoms with Gasteiger partial charge in [-0.05, 0) is 55.7 Å². The number of carbonyl (C=O) groups is 1. The molecular formula is C21H26N2O4S. The van der Waals surface area contributed by atoms with Crippen LogP contribution in [0.1, 0.15) is 48.7 Å². The zero-order valence-electron chi connectivity index (χ0n) is 16.2. The Morgan fingerprint density at radius 3 is 2.61 bits per heavy atom. The van der Waals surface area contributed by atoms with Crippen LogP contribution >= 0.6 is 0 Å². The Hall–Kier alpha value is -2.38. The summed E-state index contributed by atoms with van der Waals surface area (Å²) < 4.78 is 32.5. The number of amides is 1. The highest BCUT2D eigenvalue weighted by Crippen LogP contribution is 2.34. The third-order valence-corrected chi connectivity index (χ3v) is 6.36. The van der Waals surface area contributed by atoms with E-state index in [2.05, 4.69) is 4.72 Å². The summed E-state index contributed by atoms with van der Waals surface area (Å²) >= 11 is 0. The van der Waals surface area contributed by atoms with Gasteiger partial charge >= 0.3 is 0 Å². The van der Waals surface area contributed by atoms with E-state index in [0.29, 0.717) is 25.3 Å². The Bertz CT molecular complexity index is 926. The molecule has 1 saturated heterocycles. The molecule has 0 spiro atoms. The van der Waals surface area contributed by atoms with Crippen molar-refractivity contribution in [3.63, 3.8) is 0 Å². The number of nitrogens with zero attached hydrogens (tertiary/aromatic N) is 1. The Morgan fingerprint density at radius 2 is 1.93 bits per heavy atom. The molecule has 3 rings (SSSR count). The molecular weight excluding hydrogens is 376 g/mol. The molecule has 2 aromatic rings. The number of rotatable bonds is 7. The van der Waals surface area contributed by atoms with Gasteiger partial charge in [-0.25, -0.2) is 13.1 Å². The first-order valence-corrected chi connectivity index (χ1v) is 11.1. The van der Waals surface area contributed by atoms with Crippen molar-refractivity contribution >= 4 is 15.9 Å². The van der Waals surface area contributed by atoms with Crippen LogP contribution in [0.5, 0.6) is 5.75 Å². The minimum Gasteiger partial charge on any atom is -0.494 e. The van der Waals surface area contributed by atoms with Crippen LogP contribution in [0.2, 0.25) is 0 Å². The fourth-order valence-electron chi connectivity index (χ4n) is 3.54. The first kappa shape index (κ1) is 20.4. The largest absolute Gasteiger partial charge is 0.494 e. The summed E-state index contributed by atoms with van der Waals surface area (Å²) in [5, 5.41) is 0. The maximum Gasteiger partial charge on any atom is 0.254 e. The van der Waals surface area contributed by atoms with Crippen molar-refractivity contribution in [3.8, 4) is 5.75 Å². The van der Waals surface area contributed by atoms with E-state index < -0.39 is 10.0 Å². The standard InChI is InChI=1S/C21H26N2O4S/c1-3-22-28(25,26)19-8-5-7-17(15-19)21(24)23-14-6-9-20(23)16-10-12-18(13-11-16)27-4-2/h5,7-8,10-13,15,20,22H,3-4,6,9,14H2,1-2H3. The van der Waals surface area contributed by atoms with Crippen LogP contribution in [-0.4, -0.2) is 38.9 Å². The summed E-state index contributed by atoms with van der Waals surface area (Å²) in [6.45, 7) is 5.22. The molecule has 150 valence electrons. The van der Waals surface area contributed by atoms with E-state index in [4.69, 9.17) is 4.74 Å². The lowest BCUT2D eigenvalue weighted by Crippen LogP contribution is -2.31. The molecule has 1 atom stereocenters. The van der Waals surface area contributed by atoms with Crippen molar-refractivity contribution in [2.24, 2.45) is 0 Å². The maximum atomic E-state index is 13.1. The Kier molecular flexibility index (Phi) is 6.36. The lowest BCUT2D eigenvalue weighted by molar-refractivity contribution is 0.0735. The molecule has 0 aromatic heterocycles. The first-order valence-electron chi connectivity index (χ1n) is 9.59. The highest BCUT2D eigenvalue weighted by atomic mass is 32.2. The number of carbonyl (C=O) groups excluding carboxylic acids is 1. The third kappa shape index (κ3) is 4.36. The van der Waals surface area contributed by atoms with Gasteiger partial charge in [0.1, 0.15) is 5.75 Å². The van der Waals surface area contributed by atoms with E-state index in [9.17, 15) is 13.2 Å². The van der Waals surface area contributed by atoms with E-state index in [-0.39, 0.29) is 16.8 Å². The first-order chi connectivity index (χ1) is 13.5. The smallest absolute Gasteiger partial charge is 0.254 e. The lowest BCUT2D eigenvalue weighted by Gasteiger charge is -2.25. The topological polar surface area (TPSA) is 75.7 Å². The van der Waals surface area contributed by atoms with Gasteiger partial charge in [-0.15, -0.1) is 0 Å². The molecule has 1 amide bonds. The molecule has 0 bridgehead atoms. The highest BCUT2D eigenvalue weighted by Gasteiger charge is 2.31. The summed E-state index contributed by atoms with van der Waals surface area (Å²) in [4.78, 5) is 15.1. The van der Waals surface area contributed by atoms with Gasteiger partial charge in [0.25, 0.3) is 5.91 Å². The predicted octanol–water partition coefficient (Wildman–Crippen LogP) is 3.36. The quantitative estimate of drug-likeness (QED) is 0.771. The van der Waals surface area contributed by atoms with E-state index >= 15 is 0 Å². The summed E-state index contributed by atoms with van der Waals surface area (Å²) in [6.07, 6.45) is 1.80. The van der Waals surface area contributed by atoms with E-state index in [1.54, 1.807) is 19.1 Å². The molecule has 1 N–H and O–H groups in total. The predicted molar refractivity (Wildman–Crippen MR) is 108 cm³/mol. The maximum absolute atomic E-state index is 13.1. The fraction of sp³-hybridized carbons (Fsp3) is 0.381. The van der Waals surface area contributed by atoms with Gasteiger partial charge < -0.3 is 9.64 Å². The second-order valence-corrected chi connectivity index (χ2v) is 8.45. The molecule has 28 heavy (non-hydrogen) atoms. The van der Waals surface area contributed by atoms with Crippen LogP contribution in [0, 0.1) is 0 Å². The zero-order chi connectivity index (χ0) is 20.1. The minimum absolute atomic E-state index is 0.0165. The average molecular weight is 403 g/mol. The van der Waals surface area contributed by atoms with Crippen molar-refractivity contribution < 1.29 is 17.9 Å². The number of hydrogen-bond donors (Lipinski definition) is 1. The van der Waals surface area contributed by atoms with Crippen LogP contribution in [0.4, 0.5) is 0 Å². The molecule has 1 aliphatic heterocycles. The van der Waals surface area contributed by atoms with Crippen LogP contribution in [-0.2, 0) is 10.0 Å². The summed E-state index contributed by atoms with van der Waals surface area (Å²) in [5.74, 6) is 0.661. The number of benzene rings is 2. The fourth-order valence-corrected chi connectivity index (χ4v) is 4.63. The monoisotopic (exact) mass is 402 g/mol. The molecule has 7 heteroatoms. The Balaban J connectivity index is 1.83. The van der Waals surface area contributed by atoms with E-state index in [1.807, 2.05) is 36.1 Å². The molecule has 0 saturated carbocycles. The molecule has 2 aromatic carbocycles. The van der Waals surface area contributed by atoms with Crippen LogP contribution < -0.4 is 9.46 Å². The van der Waals surface area contributed by atoms with Gasteiger partial charge in [0.15, 0.2) is 0 Å². The highest BCUT2D eigenvalue weighted by molar-refractivity contribution is 7.89. The van der Waals surface area contributed by atoms with Crippen LogP contribution in [0.3, 0.4) is 0 Å². The van der Waals surface area contributed by atoms with Gasteiger partial charge in [-0.2, -0.15) is 0 Å². The molecule has 6 nitrogen and oxygen atoms in total. The lowest BCUT2D eigenvalue weighted by atomic mass is 10.0. The van der Waals surface area contributed by atoms with Gasteiger partial charge in [0.05, 0.1) is 17.5 Å². The van der Waals surface area contributed by atoms with Crippen molar-refractivity contribution in [2.45, 2.75) is 37.6 Å². The minimum atomic E-state index is -3.60. The van der Waals surface area contributed by atoms with Crippen LogP contribution in [0.15, 0.2) is 53.4 Å². The molecule has 1 aliphatic rings. The molecule has 0 aliphatic carbocycles. The number of hydrogen-bond acceptors (Lipinski definition) is 4. The van der Waals surface area contributed by atoms with E-state index in [0.717, 1.165) is 24.2 Å². The Labute approximate surface area is 166 Å². The van der Waals surface area contributed by atoms with Crippen molar-refractivity contribution in [1.29, 1.82) is 0 Å². The third-order valence-electron chi connectivity index (χ3n) is 4.82. The van der Waals surface area contributed by atoms with Crippen LogP contribution in [0.25, 0.3) is 0 Å². The van der Waals surface area contributed by atoms with E-state index in [1.165, 1.54) is 12.1 Å². The molecule has 1 fully saturated rings. The number of likely N-dealkylation sites (tertiary alicyclic amines) is 1. The second kappa shape index (κ2) is 8.75. The van der Waals surface area contributed by atoms with Gasteiger partial charge in [0, 0.05) is 18.7 Å². The Morgan fingerprint density at radius 1 is 1.18 bits per heavy atom. The van der Waals surface area contributed by atoms with Crippen molar-refractivity contribution in [1.82, 2.24) is 9.62 Å². The van der Waals surface area contributed by atoms with Crippen molar-refractivity contribution in [2.75, 3.05) is 19.7 Å². The number of ether oxygens (including phenoxy) is 1. The van der Waals surface area contributed by atoms with Gasteiger partial charge in [-0.3, -0.25) is 4.79 Å². The summed E-state index contributed by atoms with van der Waals surface area (Å²) in [5.41, 5.74) is 1.45. The zero-order valence-corrected chi connectivity index (χ0v) is 17.0. The molecule has 0 radical (unpaired) electrons. The normalized spacial score (nSPS) is 16.9. The van der Waals surface area contributed by atoms with Gasteiger partial charge in [0.2, 0.25) is 10.0 Å². The van der Waals surface area contributed by atoms with Gasteiger partial charge in [-0.1, -0.05) is 25.1 Å². The number of nitrogens with one attached hydrogen (secondary N) is 1. The molecule has 1 unspecified atom stereocenters. The summed E-state index contributed by atoms with van der Waals surface area (Å²) in [6, 6.07) is 14.0.